The van der Waals surface area contributed by atoms with E-state index >= 15 is 0 Å². The molecule has 0 aliphatic heterocycles. The number of Topliss-reactive ketones (excluding diaryl/α,β-unsaturated/α-hetero) is 1. The van der Waals surface area contributed by atoms with Gasteiger partial charge in [0.1, 0.15) is 23.3 Å². The molecule has 0 bridgehead atoms. The largest absolute Gasteiger partial charge is 0.487 e. The van der Waals surface area contributed by atoms with Crippen molar-refractivity contribution in [1.82, 2.24) is 0 Å². The third-order valence-electron chi connectivity index (χ3n) is 5.56. The Bertz CT molecular complexity index is 1500. The quantitative estimate of drug-likeness (QED) is 0.0854. The standard InChI is InChI=1S/C29H24ClI2NO6S/c1-4-37-28(35)25-16(3)27(29(36)38-5-2)40-24(25)13-23(34)19(14-33)10-17-11-21(31)26(22(32)12-17)39-15-18-8-6-7-9-20(18)30/h6-12H,4-5,13,15H2,1-3H3/b19-10+. The Kier molecular flexibility index (Phi) is 12.0. The zero-order valence-corrected chi connectivity index (χ0v) is 27.7. The average Bonchev–Trinajstić information content (AvgIpc) is 3.23. The van der Waals surface area contributed by atoms with Gasteiger partial charge in [0.15, 0.2) is 5.78 Å². The molecule has 40 heavy (non-hydrogen) atoms. The third kappa shape index (κ3) is 7.84. The van der Waals surface area contributed by atoms with Crippen LogP contribution in [0.25, 0.3) is 6.08 Å². The second-order valence-corrected chi connectivity index (χ2v) is 12.1. The summed E-state index contributed by atoms with van der Waals surface area (Å²) in [6.07, 6.45) is 1.26. The first kappa shape index (κ1) is 32.0. The third-order valence-corrected chi connectivity index (χ3v) is 8.81. The van der Waals surface area contributed by atoms with E-state index in [9.17, 15) is 19.6 Å². The van der Waals surface area contributed by atoms with E-state index in [1.165, 1.54) is 6.08 Å². The summed E-state index contributed by atoms with van der Waals surface area (Å²) in [5, 5.41) is 10.4. The highest BCUT2D eigenvalue weighted by atomic mass is 127. The Morgan fingerprint density at radius 3 is 2.27 bits per heavy atom. The molecule has 0 amide bonds. The Hall–Kier alpha value is -2.47. The molecule has 1 aromatic heterocycles. The number of ketones is 1. The number of nitriles is 1. The fourth-order valence-corrected chi connectivity index (χ4v) is 7.21. The van der Waals surface area contributed by atoms with Gasteiger partial charge in [0, 0.05) is 21.9 Å². The van der Waals surface area contributed by atoms with Gasteiger partial charge in [0.2, 0.25) is 0 Å². The van der Waals surface area contributed by atoms with Crippen LogP contribution in [-0.4, -0.2) is 30.9 Å². The molecule has 1 heterocycles. The van der Waals surface area contributed by atoms with Crippen molar-refractivity contribution in [1.29, 1.82) is 5.26 Å². The predicted molar refractivity (Wildman–Crippen MR) is 171 cm³/mol. The van der Waals surface area contributed by atoms with E-state index < -0.39 is 17.7 Å². The molecule has 2 aromatic carbocycles. The zero-order chi connectivity index (χ0) is 29.4. The van der Waals surface area contributed by atoms with Crippen LogP contribution in [-0.2, 0) is 27.3 Å². The number of hydrogen-bond donors (Lipinski definition) is 0. The summed E-state index contributed by atoms with van der Waals surface area (Å²) in [7, 11) is 0. The summed E-state index contributed by atoms with van der Waals surface area (Å²) in [5.41, 5.74) is 1.96. The zero-order valence-electron chi connectivity index (χ0n) is 21.8. The summed E-state index contributed by atoms with van der Waals surface area (Å²) in [4.78, 5) is 38.9. The fourth-order valence-electron chi connectivity index (χ4n) is 3.71. The van der Waals surface area contributed by atoms with Gasteiger partial charge in [-0.25, -0.2) is 9.59 Å². The molecule has 3 aromatic rings. The summed E-state index contributed by atoms with van der Waals surface area (Å²) in [6, 6.07) is 13.0. The second-order valence-electron chi connectivity index (χ2n) is 8.26. The van der Waals surface area contributed by atoms with Gasteiger partial charge in [-0.3, -0.25) is 4.79 Å². The van der Waals surface area contributed by atoms with Gasteiger partial charge in [-0.15, -0.1) is 11.3 Å². The molecule has 11 heteroatoms. The van der Waals surface area contributed by atoms with E-state index in [1.807, 2.05) is 36.4 Å². The molecule has 0 spiro atoms. The number of allylic oxidation sites excluding steroid dienone is 1. The molecule has 0 radical (unpaired) electrons. The van der Waals surface area contributed by atoms with Gasteiger partial charge in [0.25, 0.3) is 0 Å². The van der Waals surface area contributed by atoms with E-state index in [-0.39, 0.29) is 35.6 Å². The van der Waals surface area contributed by atoms with Gasteiger partial charge < -0.3 is 14.2 Å². The maximum absolute atomic E-state index is 13.2. The SMILES string of the molecule is CCOC(=O)c1sc(CC(=O)/C(C#N)=C/c2cc(I)c(OCc3ccccc3Cl)c(I)c2)c(C(=O)OCC)c1C. The fraction of sp³-hybridized carbons (Fsp3) is 0.241. The molecule has 0 atom stereocenters. The number of carbonyl (C=O) groups is 3. The molecule has 0 saturated carbocycles. The van der Waals surface area contributed by atoms with Crippen LogP contribution in [0, 0.1) is 25.4 Å². The minimum absolute atomic E-state index is 0.0881. The molecular formula is C29H24ClI2NO6S. The van der Waals surface area contributed by atoms with Crippen molar-refractivity contribution in [2.75, 3.05) is 13.2 Å². The van der Waals surface area contributed by atoms with E-state index in [2.05, 4.69) is 45.2 Å². The summed E-state index contributed by atoms with van der Waals surface area (Å²) < 4.78 is 17.9. The number of halogens is 3. The van der Waals surface area contributed by atoms with Crippen molar-refractivity contribution in [2.45, 2.75) is 33.8 Å². The molecule has 0 aliphatic rings. The highest BCUT2D eigenvalue weighted by Crippen LogP contribution is 2.33. The lowest BCUT2D eigenvalue weighted by molar-refractivity contribution is -0.114. The van der Waals surface area contributed by atoms with Gasteiger partial charge in [-0.2, -0.15) is 5.26 Å². The highest BCUT2D eigenvalue weighted by Gasteiger charge is 2.28. The van der Waals surface area contributed by atoms with E-state index in [0.717, 1.165) is 24.0 Å². The summed E-state index contributed by atoms with van der Waals surface area (Å²) in [6.45, 7) is 5.56. The van der Waals surface area contributed by atoms with Crippen molar-refractivity contribution < 1.29 is 28.6 Å². The molecule has 0 fully saturated rings. The summed E-state index contributed by atoms with van der Waals surface area (Å²) in [5.74, 6) is -1.03. The number of benzene rings is 2. The topological polar surface area (TPSA) is 103 Å². The van der Waals surface area contributed by atoms with Gasteiger partial charge in [-0.05, 0) is 101 Å². The first-order chi connectivity index (χ1) is 19.1. The van der Waals surface area contributed by atoms with Crippen molar-refractivity contribution in [3.05, 3.63) is 86.1 Å². The molecule has 208 valence electrons. The van der Waals surface area contributed by atoms with Crippen LogP contribution in [0.3, 0.4) is 0 Å². The van der Waals surface area contributed by atoms with Crippen LogP contribution in [0.15, 0.2) is 42.0 Å². The number of nitrogens with zero attached hydrogens (tertiary/aromatic N) is 1. The summed E-state index contributed by atoms with van der Waals surface area (Å²) >= 11 is 11.5. The lowest BCUT2D eigenvalue weighted by Gasteiger charge is -2.12. The molecule has 0 unspecified atom stereocenters. The molecule has 7 nitrogen and oxygen atoms in total. The van der Waals surface area contributed by atoms with Crippen molar-refractivity contribution in [3.63, 3.8) is 0 Å². The molecular weight excluding hydrogens is 780 g/mol. The van der Waals surface area contributed by atoms with E-state index in [4.69, 9.17) is 25.8 Å². The Morgan fingerprint density at radius 1 is 1.05 bits per heavy atom. The van der Waals surface area contributed by atoms with E-state index in [0.29, 0.717) is 33.4 Å². The lowest BCUT2D eigenvalue weighted by Crippen LogP contribution is -2.12. The van der Waals surface area contributed by atoms with Crippen molar-refractivity contribution >= 4 is 91.9 Å². The van der Waals surface area contributed by atoms with Gasteiger partial charge in [0.05, 0.1) is 31.5 Å². The Morgan fingerprint density at radius 2 is 1.68 bits per heavy atom. The Balaban J connectivity index is 1.88. The molecule has 0 saturated heterocycles. The van der Waals surface area contributed by atoms with Crippen LogP contribution in [0.2, 0.25) is 5.02 Å². The maximum atomic E-state index is 13.2. The molecule has 3 rings (SSSR count). The first-order valence-electron chi connectivity index (χ1n) is 12.1. The minimum atomic E-state index is -0.631. The van der Waals surface area contributed by atoms with Crippen LogP contribution >= 0.6 is 68.1 Å². The number of rotatable bonds is 11. The average molecular weight is 804 g/mol. The van der Waals surface area contributed by atoms with Crippen LogP contribution in [0.4, 0.5) is 0 Å². The predicted octanol–water partition coefficient (Wildman–Crippen LogP) is 7.57. The van der Waals surface area contributed by atoms with Crippen LogP contribution in [0.1, 0.15) is 55.4 Å². The van der Waals surface area contributed by atoms with Crippen molar-refractivity contribution in [2.24, 2.45) is 0 Å². The smallest absolute Gasteiger partial charge is 0.348 e. The highest BCUT2D eigenvalue weighted by molar-refractivity contribution is 14.1. The number of thiophene rings is 1. The van der Waals surface area contributed by atoms with Crippen LogP contribution in [0.5, 0.6) is 5.75 Å². The number of carbonyl (C=O) groups excluding carboxylic acids is 3. The first-order valence-corrected chi connectivity index (χ1v) is 15.4. The van der Waals surface area contributed by atoms with Crippen molar-refractivity contribution in [3.8, 4) is 11.8 Å². The monoisotopic (exact) mass is 803 g/mol. The number of ether oxygens (including phenoxy) is 3. The molecule has 0 N–H and O–H groups in total. The van der Waals surface area contributed by atoms with Crippen LogP contribution < -0.4 is 4.74 Å². The maximum Gasteiger partial charge on any atom is 0.348 e. The lowest BCUT2D eigenvalue weighted by atomic mass is 10.0. The van der Waals surface area contributed by atoms with E-state index in [1.54, 1.807) is 26.8 Å². The second kappa shape index (κ2) is 15.0. The minimum Gasteiger partial charge on any atom is -0.487 e. The molecule has 0 aliphatic carbocycles. The van der Waals surface area contributed by atoms with Gasteiger partial charge >= 0.3 is 11.9 Å². The Labute approximate surface area is 268 Å². The normalized spacial score (nSPS) is 11.1. The van der Waals surface area contributed by atoms with Gasteiger partial charge in [-0.1, -0.05) is 29.8 Å². The number of hydrogen-bond acceptors (Lipinski definition) is 8. The number of esters is 2.